The van der Waals surface area contributed by atoms with Crippen LogP contribution in [0.1, 0.15) is 13.8 Å². The summed E-state index contributed by atoms with van der Waals surface area (Å²) in [7, 11) is 1.57. The van der Waals surface area contributed by atoms with E-state index in [2.05, 4.69) is 29.4 Å². The quantitative estimate of drug-likeness (QED) is 0.718. The highest BCUT2D eigenvalue weighted by atomic mass is 16.5. The third kappa shape index (κ3) is 5.31. The first-order valence-corrected chi connectivity index (χ1v) is 8.33. The predicted molar refractivity (Wildman–Crippen MR) is 101 cm³/mol. The van der Waals surface area contributed by atoms with Crippen molar-refractivity contribution >= 4 is 17.4 Å². The molecule has 2 aromatic rings. The SMILES string of the molecule is CCN(CC)c1ccc(NC(=O)NCOc2ccccc2OC)cc1. The van der Waals surface area contributed by atoms with Gasteiger partial charge in [-0.3, -0.25) is 0 Å². The maximum absolute atomic E-state index is 11.9. The molecule has 0 aliphatic heterocycles. The highest BCUT2D eigenvalue weighted by molar-refractivity contribution is 5.89. The van der Waals surface area contributed by atoms with E-state index >= 15 is 0 Å². The Labute approximate surface area is 148 Å². The molecule has 0 spiro atoms. The molecular weight excluding hydrogens is 318 g/mol. The number of urea groups is 1. The normalized spacial score (nSPS) is 10.0. The number of nitrogens with one attached hydrogen (secondary N) is 2. The van der Waals surface area contributed by atoms with Gasteiger partial charge < -0.3 is 25.0 Å². The number of hydrogen-bond donors (Lipinski definition) is 2. The summed E-state index contributed by atoms with van der Waals surface area (Å²) in [6.45, 7) is 6.17. The van der Waals surface area contributed by atoms with E-state index in [1.54, 1.807) is 19.2 Å². The van der Waals surface area contributed by atoms with Crippen LogP contribution in [0.5, 0.6) is 11.5 Å². The molecular formula is C19H25N3O3. The fraction of sp³-hybridized carbons (Fsp3) is 0.316. The molecule has 0 fully saturated rings. The molecule has 6 heteroatoms. The second kappa shape index (κ2) is 9.42. The zero-order valence-electron chi connectivity index (χ0n) is 14.9. The van der Waals surface area contributed by atoms with Crippen LogP contribution in [0.4, 0.5) is 16.2 Å². The molecule has 0 saturated heterocycles. The maximum Gasteiger partial charge on any atom is 0.321 e. The number of ether oxygens (including phenoxy) is 2. The van der Waals surface area contributed by atoms with Crippen LogP contribution in [0.15, 0.2) is 48.5 Å². The molecule has 134 valence electrons. The molecule has 0 aliphatic carbocycles. The van der Waals surface area contributed by atoms with E-state index in [9.17, 15) is 4.79 Å². The molecule has 0 bridgehead atoms. The van der Waals surface area contributed by atoms with Crippen LogP contribution in [0.3, 0.4) is 0 Å². The van der Waals surface area contributed by atoms with Crippen LogP contribution in [0, 0.1) is 0 Å². The summed E-state index contributed by atoms with van der Waals surface area (Å²) in [5.41, 5.74) is 1.86. The number of benzene rings is 2. The lowest BCUT2D eigenvalue weighted by Crippen LogP contribution is -2.32. The van der Waals surface area contributed by atoms with Gasteiger partial charge in [0.2, 0.25) is 0 Å². The lowest BCUT2D eigenvalue weighted by molar-refractivity contribution is 0.231. The zero-order valence-corrected chi connectivity index (χ0v) is 14.9. The van der Waals surface area contributed by atoms with Crippen molar-refractivity contribution in [2.75, 3.05) is 37.1 Å². The maximum atomic E-state index is 11.9. The highest BCUT2D eigenvalue weighted by Gasteiger charge is 2.06. The molecule has 6 nitrogen and oxygen atoms in total. The number of methoxy groups -OCH3 is 1. The van der Waals surface area contributed by atoms with Crippen molar-refractivity contribution in [3.8, 4) is 11.5 Å². The summed E-state index contributed by atoms with van der Waals surface area (Å²) < 4.78 is 10.7. The average Bonchev–Trinajstić information content (AvgIpc) is 2.64. The number of rotatable bonds is 8. The first kappa shape index (κ1) is 18.4. The highest BCUT2D eigenvalue weighted by Crippen LogP contribution is 2.25. The molecule has 0 heterocycles. The lowest BCUT2D eigenvalue weighted by Gasteiger charge is -2.21. The van der Waals surface area contributed by atoms with Gasteiger partial charge in [-0.05, 0) is 50.2 Å². The van der Waals surface area contributed by atoms with Gasteiger partial charge in [-0.25, -0.2) is 4.79 Å². The van der Waals surface area contributed by atoms with E-state index < -0.39 is 0 Å². The van der Waals surface area contributed by atoms with Crippen molar-refractivity contribution in [2.45, 2.75) is 13.8 Å². The van der Waals surface area contributed by atoms with E-state index in [1.807, 2.05) is 36.4 Å². The fourth-order valence-corrected chi connectivity index (χ4v) is 2.44. The van der Waals surface area contributed by atoms with Gasteiger partial charge in [-0.2, -0.15) is 0 Å². The van der Waals surface area contributed by atoms with Crippen molar-refractivity contribution < 1.29 is 14.3 Å². The van der Waals surface area contributed by atoms with Gasteiger partial charge in [-0.15, -0.1) is 0 Å². The van der Waals surface area contributed by atoms with Gasteiger partial charge in [0.15, 0.2) is 18.2 Å². The number of para-hydroxylation sites is 2. The standard InChI is InChI=1S/C19H25N3O3/c1-4-22(5-2)16-12-10-15(11-13-16)21-19(23)20-14-25-18-9-7-6-8-17(18)24-3/h6-13H,4-5,14H2,1-3H3,(H2,20,21,23). The number of nitrogens with zero attached hydrogens (tertiary/aromatic N) is 1. The molecule has 0 unspecified atom stereocenters. The van der Waals surface area contributed by atoms with E-state index in [-0.39, 0.29) is 12.8 Å². The average molecular weight is 343 g/mol. The van der Waals surface area contributed by atoms with Crippen LogP contribution in [0.2, 0.25) is 0 Å². The molecule has 2 rings (SSSR count). The smallest absolute Gasteiger partial charge is 0.321 e. The van der Waals surface area contributed by atoms with Crippen LogP contribution >= 0.6 is 0 Å². The van der Waals surface area contributed by atoms with Crippen LogP contribution in [0.25, 0.3) is 0 Å². The molecule has 0 saturated carbocycles. The number of carbonyl (C=O) groups excluding carboxylic acids is 1. The third-order valence-electron chi connectivity index (χ3n) is 3.78. The molecule has 0 radical (unpaired) electrons. The Hall–Kier alpha value is -2.89. The number of amides is 2. The van der Waals surface area contributed by atoms with Crippen LogP contribution < -0.4 is 25.0 Å². The zero-order chi connectivity index (χ0) is 18.1. The molecule has 25 heavy (non-hydrogen) atoms. The Balaban J connectivity index is 1.82. The summed E-state index contributed by atoms with van der Waals surface area (Å²) in [6, 6.07) is 14.7. The Morgan fingerprint density at radius 3 is 2.24 bits per heavy atom. The summed E-state index contributed by atoms with van der Waals surface area (Å²) in [5, 5.41) is 5.43. The number of anilines is 2. The van der Waals surface area contributed by atoms with Crippen molar-refractivity contribution in [1.82, 2.24) is 5.32 Å². The summed E-state index contributed by atoms with van der Waals surface area (Å²) in [4.78, 5) is 14.2. The Morgan fingerprint density at radius 2 is 1.64 bits per heavy atom. The van der Waals surface area contributed by atoms with E-state index in [0.29, 0.717) is 11.5 Å². The van der Waals surface area contributed by atoms with Crippen molar-refractivity contribution in [2.24, 2.45) is 0 Å². The number of hydrogen-bond acceptors (Lipinski definition) is 4. The minimum atomic E-state index is -0.328. The van der Waals surface area contributed by atoms with E-state index in [4.69, 9.17) is 9.47 Å². The van der Waals surface area contributed by atoms with Crippen molar-refractivity contribution in [3.63, 3.8) is 0 Å². The Morgan fingerprint density at radius 1 is 1.00 bits per heavy atom. The topological polar surface area (TPSA) is 62.8 Å². The van der Waals surface area contributed by atoms with Gasteiger partial charge in [0.25, 0.3) is 0 Å². The largest absolute Gasteiger partial charge is 0.493 e. The predicted octanol–water partition coefficient (Wildman–Crippen LogP) is 3.70. The Kier molecular flexibility index (Phi) is 6.95. The van der Waals surface area contributed by atoms with Gasteiger partial charge in [0.1, 0.15) is 0 Å². The number of carbonyl (C=O) groups is 1. The van der Waals surface area contributed by atoms with E-state index in [1.165, 1.54) is 0 Å². The lowest BCUT2D eigenvalue weighted by atomic mass is 10.2. The van der Waals surface area contributed by atoms with Crippen LogP contribution in [-0.4, -0.2) is 33.0 Å². The minimum absolute atomic E-state index is 0.0454. The van der Waals surface area contributed by atoms with Gasteiger partial charge in [0, 0.05) is 24.5 Å². The van der Waals surface area contributed by atoms with E-state index in [0.717, 1.165) is 24.5 Å². The van der Waals surface area contributed by atoms with Gasteiger partial charge in [0.05, 0.1) is 7.11 Å². The monoisotopic (exact) mass is 343 g/mol. The first-order chi connectivity index (χ1) is 12.2. The van der Waals surface area contributed by atoms with Crippen molar-refractivity contribution in [3.05, 3.63) is 48.5 Å². The molecule has 2 N–H and O–H groups in total. The molecule has 0 aromatic heterocycles. The third-order valence-corrected chi connectivity index (χ3v) is 3.78. The van der Waals surface area contributed by atoms with Crippen molar-refractivity contribution in [1.29, 1.82) is 0 Å². The molecule has 2 aromatic carbocycles. The second-order valence-electron chi connectivity index (χ2n) is 5.29. The molecule has 2 amide bonds. The molecule has 0 aliphatic rings. The summed E-state index contributed by atoms with van der Waals surface area (Å²) in [6.07, 6.45) is 0. The first-order valence-electron chi connectivity index (χ1n) is 8.33. The summed E-state index contributed by atoms with van der Waals surface area (Å²) in [5.74, 6) is 1.20. The minimum Gasteiger partial charge on any atom is -0.493 e. The van der Waals surface area contributed by atoms with Crippen LogP contribution in [-0.2, 0) is 0 Å². The second-order valence-corrected chi connectivity index (χ2v) is 5.29. The molecule has 0 atom stereocenters. The van der Waals surface area contributed by atoms with Gasteiger partial charge in [-0.1, -0.05) is 12.1 Å². The Bertz CT molecular complexity index is 670. The van der Waals surface area contributed by atoms with Gasteiger partial charge >= 0.3 is 6.03 Å². The fourth-order valence-electron chi connectivity index (χ4n) is 2.44. The summed E-state index contributed by atoms with van der Waals surface area (Å²) >= 11 is 0.